The SMILES string of the molecule is O=C(O)c1ccccc1NCCc1ccc(Cl)s1. The summed E-state index contributed by atoms with van der Waals surface area (Å²) < 4.78 is 0.774. The highest BCUT2D eigenvalue weighted by Crippen LogP contribution is 2.22. The Kier molecular flexibility index (Phi) is 4.23. The smallest absolute Gasteiger partial charge is 0.337 e. The van der Waals surface area contributed by atoms with Gasteiger partial charge in [-0.25, -0.2) is 4.79 Å². The highest BCUT2D eigenvalue weighted by molar-refractivity contribution is 7.16. The molecule has 0 unspecified atom stereocenters. The van der Waals surface area contributed by atoms with Crippen molar-refractivity contribution in [2.75, 3.05) is 11.9 Å². The molecule has 0 radical (unpaired) electrons. The van der Waals surface area contributed by atoms with Gasteiger partial charge in [-0.2, -0.15) is 0 Å². The molecular weight excluding hydrogens is 270 g/mol. The molecule has 94 valence electrons. The van der Waals surface area contributed by atoms with Crippen molar-refractivity contribution in [3.05, 3.63) is 51.2 Å². The fourth-order valence-electron chi connectivity index (χ4n) is 1.63. The summed E-state index contributed by atoms with van der Waals surface area (Å²) in [5, 5.41) is 12.2. The molecule has 2 rings (SSSR count). The Bertz CT molecular complexity index is 553. The number of thiophene rings is 1. The Balaban J connectivity index is 1.96. The molecule has 5 heteroatoms. The first kappa shape index (κ1) is 12.9. The van der Waals surface area contributed by atoms with Crippen molar-refractivity contribution in [3.63, 3.8) is 0 Å². The van der Waals surface area contributed by atoms with E-state index in [2.05, 4.69) is 5.32 Å². The number of para-hydroxylation sites is 1. The van der Waals surface area contributed by atoms with Gasteiger partial charge in [0.2, 0.25) is 0 Å². The van der Waals surface area contributed by atoms with Crippen LogP contribution in [0.1, 0.15) is 15.2 Å². The molecule has 2 aromatic rings. The number of carboxylic acid groups (broad SMARTS) is 1. The average Bonchev–Trinajstić information content (AvgIpc) is 2.75. The maximum Gasteiger partial charge on any atom is 0.337 e. The Hall–Kier alpha value is -1.52. The first-order chi connectivity index (χ1) is 8.66. The van der Waals surface area contributed by atoms with Crippen molar-refractivity contribution in [1.29, 1.82) is 0 Å². The minimum atomic E-state index is -0.919. The van der Waals surface area contributed by atoms with Gasteiger partial charge >= 0.3 is 5.97 Å². The van der Waals surface area contributed by atoms with Crippen LogP contribution in [-0.4, -0.2) is 17.6 Å². The third-order valence-electron chi connectivity index (χ3n) is 2.47. The monoisotopic (exact) mass is 281 g/mol. The summed E-state index contributed by atoms with van der Waals surface area (Å²) in [5.41, 5.74) is 0.939. The van der Waals surface area contributed by atoms with E-state index in [9.17, 15) is 4.79 Å². The molecule has 3 nitrogen and oxygen atoms in total. The molecule has 0 aliphatic rings. The first-order valence-corrected chi connectivity index (χ1v) is 6.66. The quantitative estimate of drug-likeness (QED) is 0.877. The molecule has 0 aliphatic carbocycles. The molecule has 1 heterocycles. The summed E-state index contributed by atoms with van der Waals surface area (Å²) in [6.45, 7) is 0.682. The number of carboxylic acids is 1. The topological polar surface area (TPSA) is 49.3 Å². The van der Waals surface area contributed by atoms with Gasteiger partial charge in [0, 0.05) is 17.1 Å². The van der Waals surface area contributed by atoms with Crippen molar-refractivity contribution in [2.24, 2.45) is 0 Å². The average molecular weight is 282 g/mol. The first-order valence-electron chi connectivity index (χ1n) is 5.47. The van der Waals surface area contributed by atoms with Gasteiger partial charge in [-0.05, 0) is 30.7 Å². The van der Waals surface area contributed by atoms with Crippen LogP contribution >= 0.6 is 22.9 Å². The zero-order valence-corrected chi connectivity index (χ0v) is 11.1. The van der Waals surface area contributed by atoms with E-state index in [4.69, 9.17) is 16.7 Å². The number of nitrogens with one attached hydrogen (secondary N) is 1. The third-order valence-corrected chi connectivity index (χ3v) is 3.76. The molecule has 0 bridgehead atoms. The molecule has 0 spiro atoms. The van der Waals surface area contributed by atoms with E-state index in [1.54, 1.807) is 29.5 Å². The van der Waals surface area contributed by atoms with Crippen LogP contribution in [0.25, 0.3) is 0 Å². The number of anilines is 1. The van der Waals surface area contributed by atoms with Gasteiger partial charge in [0.15, 0.2) is 0 Å². The Morgan fingerprint density at radius 3 is 2.72 bits per heavy atom. The van der Waals surface area contributed by atoms with E-state index >= 15 is 0 Å². The third kappa shape index (κ3) is 3.24. The lowest BCUT2D eigenvalue weighted by atomic mass is 10.2. The Labute approximate surface area is 114 Å². The second-order valence-corrected chi connectivity index (χ2v) is 5.53. The molecule has 0 saturated heterocycles. The van der Waals surface area contributed by atoms with Crippen molar-refractivity contribution in [3.8, 4) is 0 Å². The maximum absolute atomic E-state index is 11.0. The molecule has 2 N–H and O–H groups in total. The van der Waals surface area contributed by atoms with E-state index in [0.29, 0.717) is 17.8 Å². The lowest BCUT2D eigenvalue weighted by Crippen LogP contribution is -2.08. The Morgan fingerprint density at radius 2 is 2.06 bits per heavy atom. The van der Waals surface area contributed by atoms with Gasteiger partial charge in [-0.1, -0.05) is 23.7 Å². The number of halogens is 1. The van der Waals surface area contributed by atoms with Gasteiger partial charge in [0.25, 0.3) is 0 Å². The summed E-state index contributed by atoms with van der Waals surface area (Å²) >= 11 is 7.39. The van der Waals surface area contributed by atoms with Gasteiger partial charge in [-0.15, -0.1) is 11.3 Å². The zero-order valence-electron chi connectivity index (χ0n) is 9.52. The summed E-state index contributed by atoms with van der Waals surface area (Å²) in [6.07, 6.45) is 0.825. The second-order valence-electron chi connectivity index (χ2n) is 3.73. The number of hydrogen-bond acceptors (Lipinski definition) is 3. The van der Waals surface area contributed by atoms with Crippen LogP contribution in [0.3, 0.4) is 0 Å². The minimum Gasteiger partial charge on any atom is -0.478 e. The van der Waals surface area contributed by atoms with Crippen molar-refractivity contribution in [2.45, 2.75) is 6.42 Å². The predicted octanol–water partition coefficient (Wildman–Crippen LogP) is 3.75. The van der Waals surface area contributed by atoms with Gasteiger partial charge in [0.05, 0.1) is 9.90 Å². The van der Waals surface area contributed by atoms with Gasteiger partial charge < -0.3 is 10.4 Å². The largest absolute Gasteiger partial charge is 0.478 e. The summed E-state index contributed by atoms with van der Waals surface area (Å²) in [6, 6.07) is 10.7. The fraction of sp³-hybridized carbons (Fsp3) is 0.154. The van der Waals surface area contributed by atoms with Crippen LogP contribution < -0.4 is 5.32 Å². The van der Waals surface area contributed by atoms with E-state index in [0.717, 1.165) is 10.8 Å². The second kappa shape index (κ2) is 5.89. The maximum atomic E-state index is 11.0. The lowest BCUT2D eigenvalue weighted by Gasteiger charge is -2.08. The molecule has 18 heavy (non-hydrogen) atoms. The number of benzene rings is 1. The van der Waals surface area contributed by atoms with E-state index in [1.165, 1.54) is 4.88 Å². The number of carbonyl (C=O) groups is 1. The summed E-state index contributed by atoms with van der Waals surface area (Å²) in [5.74, 6) is -0.919. The zero-order chi connectivity index (χ0) is 13.0. The highest BCUT2D eigenvalue weighted by Gasteiger charge is 2.08. The lowest BCUT2D eigenvalue weighted by molar-refractivity contribution is 0.0698. The molecule has 0 atom stereocenters. The van der Waals surface area contributed by atoms with Crippen LogP contribution in [0, 0.1) is 0 Å². The summed E-state index contributed by atoms with van der Waals surface area (Å²) in [4.78, 5) is 12.2. The Morgan fingerprint density at radius 1 is 1.28 bits per heavy atom. The van der Waals surface area contributed by atoms with E-state index < -0.39 is 5.97 Å². The standard InChI is InChI=1S/C13H12ClNO2S/c14-12-6-5-9(18-12)7-8-15-11-4-2-1-3-10(11)13(16)17/h1-6,15H,7-8H2,(H,16,17). The van der Waals surface area contributed by atoms with Crippen molar-refractivity contribution < 1.29 is 9.90 Å². The molecular formula is C13H12ClNO2S. The van der Waals surface area contributed by atoms with Gasteiger partial charge in [0.1, 0.15) is 0 Å². The van der Waals surface area contributed by atoms with Crippen molar-refractivity contribution in [1.82, 2.24) is 0 Å². The minimum absolute atomic E-state index is 0.293. The van der Waals surface area contributed by atoms with Crippen LogP contribution in [-0.2, 0) is 6.42 Å². The summed E-state index contributed by atoms with van der Waals surface area (Å²) in [7, 11) is 0. The predicted molar refractivity (Wildman–Crippen MR) is 74.9 cm³/mol. The van der Waals surface area contributed by atoms with Gasteiger partial charge in [-0.3, -0.25) is 0 Å². The van der Waals surface area contributed by atoms with E-state index in [-0.39, 0.29) is 0 Å². The number of aromatic carboxylic acids is 1. The molecule has 1 aromatic carbocycles. The van der Waals surface area contributed by atoms with Crippen LogP contribution in [0.4, 0.5) is 5.69 Å². The normalized spacial score (nSPS) is 10.3. The van der Waals surface area contributed by atoms with Crippen LogP contribution in [0.2, 0.25) is 4.34 Å². The highest BCUT2D eigenvalue weighted by atomic mass is 35.5. The van der Waals surface area contributed by atoms with E-state index in [1.807, 2.05) is 18.2 Å². The van der Waals surface area contributed by atoms with Crippen LogP contribution in [0.5, 0.6) is 0 Å². The van der Waals surface area contributed by atoms with Crippen molar-refractivity contribution >= 4 is 34.6 Å². The molecule has 0 saturated carbocycles. The molecule has 0 aliphatic heterocycles. The van der Waals surface area contributed by atoms with Crippen LogP contribution in [0.15, 0.2) is 36.4 Å². The molecule has 0 fully saturated rings. The molecule has 1 aromatic heterocycles. The number of hydrogen-bond donors (Lipinski definition) is 2. The fourth-order valence-corrected chi connectivity index (χ4v) is 2.72. The number of rotatable bonds is 5. The molecule has 0 amide bonds.